The lowest BCUT2D eigenvalue weighted by Gasteiger charge is -2.00. The highest BCUT2D eigenvalue weighted by Crippen LogP contribution is 2.29. The van der Waals surface area contributed by atoms with E-state index in [0.29, 0.717) is 26.7 Å². The summed E-state index contributed by atoms with van der Waals surface area (Å²) in [6.45, 7) is 1.72. The van der Waals surface area contributed by atoms with Gasteiger partial charge in [-0.3, -0.25) is 20.2 Å². The van der Waals surface area contributed by atoms with Crippen LogP contribution in [0.2, 0.25) is 0 Å². The first kappa shape index (κ1) is 14.0. The standard InChI is InChI=1S/C13H9N5O3S/c1-7-14-5-8(6-15-7)12(19)17-13-16-10-3-2-9(18(20)21)4-11(10)22-13/h2-6H,1H3,(H,16,17,19). The minimum atomic E-state index is -0.471. The van der Waals surface area contributed by atoms with Crippen molar-refractivity contribution in [3.8, 4) is 0 Å². The molecule has 8 nitrogen and oxygen atoms in total. The molecule has 0 spiro atoms. The molecule has 3 rings (SSSR count). The molecular formula is C13H9N5O3S. The second-order valence-electron chi connectivity index (χ2n) is 4.40. The van der Waals surface area contributed by atoms with Crippen LogP contribution in [0.25, 0.3) is 10.2 Å². The number of carbonyl (C=O) groups is 1. The Kier molecular flexibility index (Phi) is 3.47. The molecule has 0 saturated carbocycles. The van der Waals surface area contributed by atoms with Crippen molar-refractivity contribution in [2.45, 2.75) is 6.92 Å². The third-order valence-electron chi connectivity index (χ3n) is 2.85. The summed E-state index contributed by atoms with van der Waals surface area (Å²) in [5.74, 6) is 0.192. The van der Waals surface area contributed by atoms with Gasteiger partial charge in [-0.2, -0.15) is 0 Å². The second-order valence-corrected chi connectivity index (χ2v) is 5.43. The van der Waals surface area contributed by atoms with Crippen molar-refractivity contribution in [3.05, 3.63) is 52.1 Å². The second kappa shape index (κ2) is 5.45. The minimum absolute atomic E-state index is 0.0130. The third-order valence-corrected chi connectivity index (χ3v) is 3.78. The molecule has 0 aliphatic rings. The monoisotopic (exact) mass is 315 g/mol. The number of hydrogen-bond acceptors (Lipinski definition) is 7. The third kappa shape index (κ3) is 2.74. The molecule has 0 unspecified atom stereocenters. The molecule has 2 aromatic heterocycles. The quantitative estimate of drug-likeness (QED) is 0.587. The SMILES string of the molecule is Cc1ncc(C(=O)Nc2nc3ccc([N+](=O)[O-])cc3s2)cn1. The van der Waals surface area contributed by atoms with Gasteiger partial charge in [-0.25, -0.2) is 15.0 Å². The Morgan fingerprint density at radius 2 is 2.05 bits per heavy atom. The molecular weight excluding hydrogens is 306 g/mol. The lowest BCUT2D eigenvalue weighted by atomic mass is 10.3. The van der Waals surface area contributed by atoms with E-state index in [1.807, 2.05) is 0 Å². The Hall–Kier alpha value is -2.94. The van der Waals surface area contributed by atoms with Crippen LogP contribution >= 0.6 is 11.3 Å². The Morgan fingerprint density at radius 1 is 1.32 bits per heavy atom. The summed E-state index contributed by atoms with van der Waals surface area (Å²) in [5, 5.41) is 13.7. The van der Waals surface area contributed by atoms with Crippen LogP contribution in [-0.4, -0.2) is 25.8 Å². The summed E-state index contributed by atoms with van der Waals surface area (Å²) >= 11 is 1.17. The molecule has 0 saturated heterocycles. The molecule has 0 bridgehead atoms. The van der Waals surface area contributed by atoms with E-state index in [9.17, 15) is 14.9 Å². The number of nitrogens with zero attached hydrogens (tertiary/aromatic N) is 4. The summed E-state index contributed by atoms with van der Waals surface area (Å²) in [6.07, 6.45) is 2.85. The van der Waals surface area contributed by atoms with Gasteiger partial charge in [-0.15, -0.1) is 0 Å². The Bertz CT molecular complexity index is 875. The van der Waals surface area contributed by atoms with E-state index in [2.05, 4.69) is 20.3 Å². The fraction of sp³-hybridized carbons (Fsp3) is 0.0769. The van der Waals surface area contributed by atoms with Gasteiger partial charge in [0.15, 0.2) is 5.13 Å². The predicted octanol–water partition coefficient (Wildman–Crippen LogP) is 2.56. The molecule has 110 valence electrons. The molecule has 1 N–H and O–H groups in total. The molecule has 0 aliphatic carbocycles. The molecule has 0 aliphatic heterocycles. The highest BCUT2D eigenvalue weighted by Gasteiger charge is 2.13. The van der Waals surface area contributed by atoms with E-state index in [0.717, 1.165) is 0 Å². The van der Waals surface area contributed by atoms with Crippen molar-refractivity contribution in [1.82, 2.24) is 15.0 Å². The van der Waals surface area contributed by atoms with E-state index in [1.54, 1.807) is 13.0 Å². The number of hydrogen-bond donors (Lipinski definition) is 1. The van der Waals surface area contributed by atoms with Crippen LogP contribution in [0.1, 0.15) is 16.2 Å². The van der Waals surface area contributed by atoms with E-state index < -0.39 is 4.92 Å². The number of fused-ring (bicyclic) bond motifs is 1. The van der Waals surface area contributed by atoms with Crippen molar-refractivity contribution in [3.63, 3.8) is 0 Å². The fourth-order valence-corrected chi connectivity index (χ4v) is 2.65. The molecule has 0 fully saturated rings. The number of thiazole rings is 1. The minimum Gasteiger partial charge on any atom is -0.298 e. The summed E-state index contributed by atoms with van der Waals surface area (Å²) in [7, 11) is 0. The number of nitro benzene ring substituents is 1. The van der Waals surface area contributed by atoms with Crippen LogP contribution in [0.15, 0.2) is 30.6 Å². The molecule has 0 radical (unpaired) electrons. The summed E-state index contributed by atoms with van der Waals surface area (Å²) in [6, 6.07) is 4.35. The largest absolute Gasteiger partial charge is 0.298 e. The van der Waals surface area contributed by atoms with E-state index in [1.165, 1.54) is 35.9 Å². The van der Waals surface area contributed by atoms with Gasteiger partial charge in [0.05, 0.1) is 20.7 Å². The number of amides is 1. The number of rotatable bonds is 3. The van der Waals surface area contributed by atoms with Crippen molar-refractivity contribution in [2.24, 2.45) is 0 Å². The van der Waals surface area contributed by atoms with Crippen LogP contribution in [-0.2, 0) is 0 Å². The normalized spacial score (nSPS) is 10.6. The Labute approximate surface area is 128 Å². The van der Waals surface area contributed by atoms with Crippen molar-refractivity contribution in [1.29, 1.82) is 0 Å². The van der Waals surface area contributed by atoms with Crippen molar-refractivity contribution < 1.29 is 9.72 Å². The lowest BCUT2D eigenvalue weighted by Crippen LogP contribution is -2.12. The highest BCUT2D eigenvalue weighted by molar-refractivity contribution is 7.22. The van der Waals surface area contributed by atoms with Gasteiger partial charge in [0.1, 0.15) is 5.82 Å². The Balaban J connectivity index is 1.86. The van der Waals surface area contributed by atoms with Gasteiger partial charge in [-0.05, 0) is 13.0 Å². The Morgan fingerprint density at radius 3 is 2.73 bits per heavy atom. The zero-order valence-corrected chi connectivity index (χ0v) is 12.1. The fourth-order valence-electron chi connectivity index (χ4n) is 1.76. The van der Waals surface area contributed by atoms with Crippen LogP contribution in [0.5, 0.6) is 0 Å². The van der Waals surface area contributed by atoms with Gasteiger partial charge < -0.3 is 0 Å². The molecule has 22 heavy (non-hydrogen) atoms. The number of nitro groups is 1. The number of benzene rings is 1. The van der Waals surface area contributed by atoms with Crippen LogP contribution < -0.4 is 5.32 Å². The molecule has 1 amide bonds. The smallest absolute Gasteiger partial charge is 0.270 e. The highest BCUT2D eigenvalue weighted by atomic mass is 32.1. The van der Waals surface area contributed by atoms with Crippen molar-refractivity contribution >= 4 is 38.3 Å². The summed E-state index contributed by atoms with van der Waals surface area (Å²) < 4.78 is 0.629. The van der Waals surface area contributed by atoms with Crippen LogP contribution in [0.4, 0.5) is 10.8 Å². The maximum absolute atomic E-state index is 12.0. The van der Waals surface area contributed by atoms with Crippen LogP contribution in [0, 0.1) is 17.0 Å². The number of aryl methyl sites for hydroxylation is 1. The van der Waals surface area contributed by atoms with E-state index in [4.69, 9.17) is 0 Å². The molecule has 2 heterocycles. The first-order chi connectivity index (χ1) is 10.5. The lowest BCUT2D eigenvalue weighted by molar-refractivity contribution is -0.384. The topological polar surface area (TPSA) is 111 Å². The summed E-state index contributed by atoms with van der Waals surface area (Å²) in [4.78, 5) is 34.4. The maximum Gasteiger partial charge on any atom is 0.270 e. The van der Waals surface area contributed by atoms with Gasteiger partial charge in [0, 0.05) is 24.5 Å². The maximum atomic E-state index is 12.0. The van der Waals surface area contributed by atoms with Crippen molar-refractivity contribution in [2.75, 3.05) is 5.32 Å². The van der Waals surface area contributed by atoms with Gasteiger partial charge in [-0.1, -0.05) is 11.3 Å². The van der Waals surface area contributed by atoms with Gasteiger partial charge in [0.25, 0.3) is 11.6 Å². The molecule has 3 aromatic rings. The molecule has 9 heteroatoms. The predicted molar refractivity (Wildman–Crippen MR) is 81.0 cm³/mol. The zero-order valence-electron chi connectivity index (χ0n) is 11.3. The number of nitrogens with one attached hydrogen (secondary N) is 1. The molecule has 0 atom stereocenters. The summed E-state index contributed by atoms with van der Waals surface area (Å²) in [5.41, 5.74) is 0.892. The zero-order chi connectivity index (χ0) is 15.7. The first-order valence-electron chi connectivity index (χ1n) is 6.18. The van der Waals surface area contributed by atoms with Gasteiger partial charge in [0.2, 0.25) is 0 Å². The average molecular weight is 315 g/mol. The number of carbonyl (C=O) groups excluding carboxylic acids is 1. The van der Waals surface area contributed by atoms with E-state index >= 15 is 0 Å². The number of non-ortho nitro benzene ring substituents is 1. The number of aromatic nitrogens is 3. The van der Waals surface area contributed by atoms with Crippen LogP contribution in [0.3, 0.4) is 0 Å². The van der Waals surface area contributed by atoms with E-state index in [-0.39, 0.29) is 11.6 Å². The molecule has 1 aromatic carbocycles. The first-order valence-corrected chi connectivity index (χ1v) is 6.99. The van der Waals surface area contributed by atoms with Gasteiger partial charge >= 0.3 is 0 Å². The average Bonchev–Trinajstić information content (AvgIpc) is 2.88. The number of anilines is 1.